The predicted octanol–water partition coefficient (Wildman–Crippen LogP) is 2.86. The Morgan fingerprint density at radius 1 is 1.50 bits per heavy atom. The van der Waals surface area contributed by atoms with Crippen LogP contribution in [0.5, 0.6) is 0 Å². The summed E-state index contributed by atoms with van der Waals surface area (Å²) in [7, 11) is 1.76. The maximum atomic E-state index is 11.4. The highest BCUT2D eigenvalue weighted by molar-refractivity contribution is 7.55. The molecule has 0 aromatic heterocycles. The van der Waals surface area contributed by atoms with E-state index in [0.717, 1.165) is 23.2 Å². The van der Waals surface area contributed by atoms with Crippen LogP contribution in [0.25, 0.3) is 6.08 Å². The third kappa shape index (κ3) is 3.04. The lowest BCUT2D eigenvalue weighted by Crippen LogP contribution is -2.11. The average Bonchev–Trinajstić information content (AvgIpc) is 2.38. The molecule has 5 nitrogen and oxygen atoms in total. The Hall–Kier alpha value is -1.95. The maximum Gasteiger partial charge on any atom is 0.358 e. The molecule has 0 heterocycles. The molecule has 2 N–H and O–H groups in total. The highest BCUT2D eigenvalue weighted by Gasteiger charge is 2.12. The Kier molecular flexibility index (Phi) is 5.26. The molecule has 6 heteroatoms. The fraction of sp³-hybridized carbons (Fsp3) is 0.250. The van der Waals surface area contributed by atoms with Crippen molar-refractivity contribution in [3.05, 3.63) is 29.8 Å². The van der Waals surface area contributed by atoms with Crippen molar-refractivity contribution in [2.75, 3.05) is 17.7 Å². The van der Waals surface area contributed by atoms with Crippen LogP contribution in [0, 0.1) is 0 Å². The summed E-state index contributed by atoms with van der Waals surface area (Å²) in [4.78, 5) is 11.4. The van der Waals surface area contributed by atoms with Gasteiger partial charge in [0.2, 0.25) is 11.5 Å². The Morgan fingerprint density at radius 3 is 2.72 bits per heavy atom. The van der Waals surface area contributed by atoms with Crippen molar-refractivity contribution in [2.45, 2.75) is 13.3 Å². The number of nitrogens with zero attached hydrogens (tertiary/aromatic N) is 1. The van der Waals surface area contributed by atoms with Gasteiger partial charge < -0.3 is 10.6 Å². The lowest BCUT2D eigenvalue weighted by atomic mass is 10.0. The number of aryl methyl sites for hydroxylation is 1. The minimum Gasteiger partial charge on any atom is -0.386 e. The van der Waals surface area contributed by atoms with Gasteiger partial charge in [-0.15, -0.1) is 0 Å². The highest BCUT2D eigenvalue weighted by Crippen LogP contribution is 2.31. The van der Waals surface area contributed by atoms with Crippen molar-refractivity contribution in [3.8, 4) is 0 Å². The summed E-state index contributed by atoms with van der Waals surface area (Å²) < 4.78 is 13.4. The van der Waals surface area contributed by atoms with Gasteiger partial charge in [0.1, 0.15) is 0 Å². The van der Waals surface area contributed by atoms with Crippen molar-refractivity contribution in [3.63, 3.8) is 0 Å². The van der Waals surface area contributed by atoms with E-state index in [1.807, 2.05) is 19.1 Å². The predicted molar refractivity (Wildman–Crippen MR) is 75.0 cm³/mol. The molecule has 0 fully saturated rings. The monoisotopic (exact) mass is 265 g/mol. The van der Waals surface area contributed by atoms with Gasteiger partial charge >= 0.3 is 6.03 Å². The van der Waals surface area contributed by atoms with Gasteiger partial charge in [0.05, 0.1) is 11.4 Å². The fourth-order valence-electron chi connectivity index (χ4n) is 1.70. The van der Waals surface area contributed by atoms with Crippen LogP contribution in [0.15, 0.2) is 23.1 Å². The van der Waals surface area contributed by atoms with E-state index in [1.54, 1.807) is 13.1 Å². The van der Waals surface area contributed by atoms with Crippen LogP contribution in [0.1, 0.15) is 18.1 Å². The first-order chi connectivity index (χ1) is 8.67. The van der Waals surface area contributed by atoms with Crippen LogP contribution in [-0.2, 0) is 17.9 Å². The first kappa shape index (κ1) is 14.1. The molecule has 0 atom stereocenters. The van der Waals surface area contributed by atoms with E-state index in [2.05, 4.69) is 21.6 Å². The number of hydrogen-bond acceptors (Lipinski definition) is 3. The zero-order valence-corrected chi connectivity index (χ0v) is 11.1. The molecule has 0 bridgehead atoms. The number of hydrogen-bond donors (Lipinski definition) is 2. The molecule has 0 spiro atoms. The van der Waals surface area contributed by atoms with Crippen molar-refractivity contribution in [1.82, 2.24) is 0 Å². The minimum absolute atomic E-state index is 0.112. The zero-order chi connectivity index (χ0) is 13.5. The molecule has 96 valence electrons. The van der Waals surface area contributed by atoms with Crippen molar-refractivity contribution >= 4 is 34.9 Å². The lowest BCUT2D eigenvalue weighted by molar-refractivity contribution is 0.260. The second-order valence-electron chi connectivity index (χ2n) is 3.47. The molecule has 1 aromatic carbocycles. The molecule has 0 saturated heterocycles. The van der Waals surface area contributed by atoms with Crippen molar-refractivity contribution < 1.29 is 9.00 Å². The second-order valence-corrected chi connectivity index (χ2v) is 3.80. The van der Waals surface area contributed by atoms with Crippen molar-refractivity contribution in [1.29, 1.82) is 0 Å². The SMILES string of the molecule is C=Cc1ccc(CC)c(NC(=O)N=S=O)c1NC. The molecule has 1 rings (SSSR count). The molecular formula is C12H15N3O2S. The van der Waals surface area contributed by atoms with E-state index < -0.39 is 6.03 Å². The molecule has 0 radical (unpaired) electrons. The van der Waals surface area contributed by atoms with Crippen LogP contribution in [0.3, 0.4) is 0 Å². The van der Waals surface area contributed by atoms with Gasteiger partial charge in [-0.25, -0.2) is 4.79 Å². The topological polar surface area (TPSA) is 70.6 Å². The van der Waals surface area contributed by atoms with Crippen LogP contribution < -0.4 is 10.6 Å². The number of amides is 2. The van der Waals surface area contributed by atoms with Gasteiger partial charge in [0.15, 0.2) is 0 Å². The molecule has 0 aliphatic heterocycles. The standard InChI is InChI=1S/C12H15N3O2S/c1-4-8-6-7-9(5-2)11(10(8)13-3)14-12(16)15-18-17/h4,6-7,13H,1,5H2,2-3H3,(H,14,16). The Bertz CT molecular complexity index is 522. The first-order valence-corrected chi connectivity index (χ1v) is 6.14. The largest absolute Gasteiger partial charge is 0.386 e. The number of nitrogens with one attached hydrogen (secondary N) is 2. The quantitative estimate of drug-likeness (QED) is 0.879. The minimum atomic E-state index is -0.664. The molecule has 1 aromatic rings. The summed E-state index contributed by atoms with van der Waals surface area (Å²) in [6.07, 6.45) is 2.45. The lowest BCUT2D eigenvalue weighted by Gasteiger charge is -2.16. The maximum absolute atomic E-state index is 11.4. The average molecular weight is 265 g/mol. The Balaban J connectivity index is 3.31. The van der Waals surface area contributed by atoms with Crippen LogP contribution >= 0.6 is 0 Å². The van der Waals surface area contributed by atoms with Gasteiger partial charge in [0, 0.05) is 7.05 Å². The Labute approximate surface area is 110 Å². The molecule has 0 aliphatic carbocycles. The third-order valence-corrected chi connectivity index (χ3v) is 2.77. The number of carbonyl (C=O) groups is 1. The smallest absolute Gasteiger partial charge is 0.358 e. The normalized spacial score (nSPS) is 9.44. The molecule has 18 heavy (non-hydrogen) atoms. The van der Waals surface area contributed by atoms with Gasteiger partial charge in [-0.3, -0.25) is 0 Å². The highest BCUT2D eigenvalue weighted by atomic mass is 32.1. The number of rotatable bonds is 4. The third-order valence-electron chi connectivity index (χ3n) is 2.53. The van der Waals surface area contributed by atoms with E-state index in [4.69, 9.17) is 0 Å². The Morgan fingerprint density at radius 2 is 2.22 bits per heavy atom. The molecule has 2 amide bonds. The number of benzene rings is 1. The van der Waals surface area contributed by atoms with Crippen LogP contribution in [-0.4, -0.2) is 17.3 Å². The summed E-state index contributed by atoms with van der Waals surface area (Å²) in [5.41, 5.74) is 3.24. The summed E-state index contributed by atoms with van der Waals surface area (Å²) >= 11 is -0.112. The fourth-order valence-corrected chi connectivity index (χ4v) is 1.82. The van der Waals surface area contributed by atoms with Gasteiger partial charge in [0.25, 0.3) is 0 Å². The number of urea groups is 1. The van der Waals surface area contributed by atoms with E-state index in [-0.39, 0.29) is 11.5 Å². The zero-order valence-electron chi connectivity index (χ0n) is 10.3. The van der Waals surface area contributed by atoms with Gasteiger partial charge in [-0.1, -0.05) is 36.1 Å². The molecular weight excluding hydrogens is 250 g/mol. The summed E-state index contributed by atoms with van der Waals surface area (Å²) in [5.74, 6) is 0. The molecule has 0 aliphatic rings. The van der Waals surface area contributed by atoms with E-state index in [0.29, 0.717) is 5.69 Å². The molecule has 0 unspecified atom stereocenters. The van der Waals surface area contributed by atoms with Gasteiger partial charge in [-0.05, 0) is 17.5 Å². The summed E-state index contributed by atoms with van der Waals surface area (Å²) in [6, 6.07) is 3.17. The number of anilines is 2. The van der Waals surface area contributed by atoms with E-state index in [9.17, 15) is 9.00 Å². The second kappa shape index (κ2) is 6.70. The molecule has 0 saturated carbocycles. The van der Waals surface area contributed by atoms with E-state index in [1.165, 1.54) is 0 Å². The van der Waals surface area contributed by atoms with Crippen LogP contribution in [0.4, 0.5) is 16.2 Å². The number of carbonyl (C=O) groups excluding carboxylic acids is 1. The first-order valence-electron chi connectivity index (χ1n) is 5.45. The summed E-state index contributed by atoms with van der Waals surface area (Å²) in [6.45, 7) is 5.71. The van der Waals surface area contributed by atoms with Crippen LogP contribution in [0.2, 0.25) is 0 Å². The van der Waals surface area contributed by atoms with Crippen molar-refractivity contribution in [2.24, 2.45) is 4.36 Å². The van der Waals surface area contributed by atoms with Gasteiger partial charge in [-0.2, -0.15) is 4.21 Å². The summed E-state index contributed by atoms with van der Waals surface area (Å²) in [5, 5.41) is 5.64. The van der Waals surface area contributed by atoms with E-state index >= 15 is 0 Å².